The topological polar surface area (TPSA) is 54.5 Å². The van der Waals surface area contributed by atoms with Crippen molar-refractivity contribution in [2.24, 2.45) is 0 Å². The van der Waals surface area contributed by atoms with Crippen molar-refractivity contribution >= 4 is 50.3 Å². The summed E-state index contributed by atoms with van der Waals surface area (Å²) >= 11 is 12.4. The van der Waals surface area contributed by atoms with Crippen molar-refractivity contribution in [1.82, 2.24) is 0 Å². The lowest BCUT2D eigenvalue weighted by molar-refractivity contribution is -0.117. The van der Waals surface area contributed by atoms with E-state index in [4.69, 9.17) is 23.2 Å². The van der Waals surface area contributed by atoms with Gasteiger partial charge in [-0.25, -0.2) is 8.42 Å². The van der Waals surface area contributed by atoms with Gasteiger partial charge in [-0.05, 0) is 36.8 Å². The van der Waals surface area contributed by atoms with Gasteiger partial charge >= 0.3 is 0 Å². The molecule has 1 unspecified atom stereocenters. The van der Waals surface area contributed by atoms with E-state index in [0.717, 1.165) is 5.56 Å². The summed E-state index contributed by atoms with van der Waals surface area (Å²) < 4.78 is 27.7. The quantitative estimate of drug-likeness (QED) is 0.766. The number of Topliss-reactive ketones (excluding diaryl/α,β-unsaturated/α-hetero) is 1. The largest absolute Gasteiger partial charge is 0.297 e. The number of halogens is 2. The molecular weight excluding hydrogens is 381 g/mol. The molecule has 0 spiro atoms. The van der Waals surface area contributed by atoms with Crippen LogP contribution in [0.3, 0.4) is 0 Å². The summed E-state index contributed by atoms with van der Waals surface area (Å²) in [7, 11) is -3.92. The van der Waals surface area contributed by atoms with Gasteiger partial charge in [-0.2, -0.15) is 0 Å². The van der Waals surface area contributed by atoms with Crippen molar-refractivity contribution in [1.29, 1.82) is 0 Å². The SMILES string of the molecule is Cc1ccc(S(=O)(=O)N2c3ccc(Cl)c(Cl)c3C3=CCC(=O)C32)cc1. The molecule has 0 amide bonds. The number of ketones is 1. The Hall–Kier alpha value is -1.82. The van der Waals surface area contributed by atoms with Crippen LogP contribution in [-0.2, 0) is 14.8 Å². The molecule has 1 heterocycles. The highest BCUT2D eigenvalue weighted by molar-refractivity contribution is 7.93. The molecule has 0 saturated carbocycles. The van der Waals surface area contributed by atoms with Crippen molar-refractivity contribution in [3.05, 3.63) is 63.6 Å². The number of sulfonamides is 1. The highest BCUT2D eigenvalue weighted by atomic mass is 35.5. The van der Waals surface area contributed by atoms with Crippen LogP contribution in [0.4, 0.5) is 5.69 Å². The first-order valence-corrected chi connectivity index (χ1v) is 9.84. The molecule has 1 aliphatic carbocycles. The molecule has 0 fully saturated rings. The molecule has 4 nitrogen and oxygen atoms in total. The zero-order valence-corrected chi connectivity index (χ0v) is 15.5. The summed E-state index contributed by atoms with van der Waals surface area (Å²) in [4.78, 5) is 12.6. The summed E-state index contributed by atoms with van der Waals surface area (Å²) in [5, 5.41) is 0.598. The average Bonchev–Trinajstić information content (AvgIpc) is 3.10. The predicted octanol–water partition coefficient (Wildman–Crippen LogP) is 4.24. The van der Waals surface area contributed by atoms with Gasteiger partial charge in [0.1, 0.15) is 6.04 Å². The van der Waals surface area contributed by atoms with E-state index in [-0.39, 0.29) is 22.1 Å². The minimum atomic E-state index is -3.92. The minimum Gasteiger partial charge on any atom is -0.297 e. The Morgan fingerprint density at radius 1 is 1.08 bits per heavy atom. The van der Waals surface area contributed by atoms with Crippen LogP contribution < -0.4 is 4.31 Å². The molecule has 2 aromatic carbocycles. The second-order valence-corrected chi connectivity index (χ2v) is 8.70. The van der Waals surface area contributed by atoms with E-state index in [2.05, 4.69) is 0 Å². The molecule has 0 N–H and O–H groups in total. The molecule has 1 aliphatic heterocycles. The van der Waals surface area contributed by atoms with Crippen LogP contribution in [0.15, 0.2) is 47.4 Å². The summed E-state index contributed by atoms with van der Waals surface area (Å²) in [6.45, 7) is 1.88. The molecule has 1 atom stereocenters. The van der Waals surface area contributed by atoms with Crippen molar-refractivity contribution in [3.8, 4) is 0 Å². The molecular formula is C18H13Cl2NO3S. The Kier molecular flexibility index (Phi) is 3.72. The number of anilines is 1. The second-order valence-electron chi connectivity index (χ2n) is 6.10. The number of rotatable bonds is 2. The lowest BCUT2D eigenvalue weighted by Gasteiger charge is -2.24. The number of carbonyl (C=O) groups excluding carboxylic acids is 1. The van der Waals surface area contributed by atoms with E-state index >= 15 is 0 Å². The maximum atomic E-state index is 13.3. The molecule has 0 bridgehead atoms. The van der Waals surface area contributed by atoms with Crippen LogP contribution in [0.5, 0.6) is 0 Å². The van der Waals surface area contributed by atoms with E-state index in [9.17, 15) is 13.2 Å². The standard InChI is InChI=1S/C18H13Cl2NO3S/c1-10-2-4-11(5-3-10)25(23,24)21-14-8-7-13(19)17(20)16(14)12-6-9-15(22)18(12)21/h2-8,18H,9H2,1H3. The number of allylic oxidation sites excluding steroid dienone is 1. The lowest BCUT2D eigenvalue weighted by atomic mass is 10.1. The van der Waals surface area contributed by atoms with Gasteiger partial charge in [0.2, 0.25) is 0 Å². The number of hydrogen-bond acceptors (Lipinski definition) is 3. The van der Waals surface area contributed by atoms with Gasteiger partial charge in [0.25, 0.3) is 10.0 Å². The van der Waals surface area contributed by atoms with E-state index in [1.807, 2.05) is 6.92 Å². The van der Waals surface area contributed by atoms with Crippen LogP contribution in [0.25, 0.3) is 5.57 Å². The van der Waals surface area contributed by atoms with Crippen molar-refractivity contribution < 1.29 is 13.2 Å². The fraction of sp³-hybridized carbons (Fsp3) is 0.167. The molecule has 0 radical (unpaired) electrons. The molecule has 7 heteroatoms. The van der Waals surface area contributed by atoms with Crippen LogP contribution in [-0.4, -0.2) is 20.2 Å². The Morgan fingerprint density at radius 2 is 1.76 bits per heavy atom. The van der Waals surface area contributed by atoms with Gasteiger partial charge < -0.3 is 0 Å². The fourth-order valence-corrected chi connectivity index (χ4v) is 5.39. The molecule has 2 aromatic rings. The third kappa shape index (κ3) is 2.34. The van der Waals surface area contributed by atoms with Gasteiger partial charge in [0, 0.05) is 12.0 Å². The van der Waals surface area contributed by atoms with Crippen LogP contribution in [0.2, 0.25) is 10.0 Å². The molecule has 4 rings (SSSR count). The summed E-state index contributed by atoms with van der Waals surface area (Å²) in [6.07, 6.45) is 1.92. The predicted molar refractivity (Wildman–Crippen MR) is 98.7 cm³/mol. The second kappa shape index (κ2) is 5.59. The van der Waals surface area contributed by atoms with Crippen molar-refractivity contribution in [2.75, 3.05) is 4.31 Å². The third-order valence-corrected chi connectivity index (χ3v) is 7.13. The molecule has 128 valence electrons. The third-order valence-electron chi connectivity index (χ3n) is 4.53. The monoisotopic (exact) mass is 393 g/mol. The smallest absolute Gasteiger partial charge is 0.265 e. The zero-order valence-electron chi connectivity index (χ0n) is 13.2. The van der Waals surface area contributed by atoms with E-state index in [1.165, 1.54) is 4.31 Å². The first kappa shape index (κ1) is 16.6. The number of benzene rings is 2. The van der Waals surface area contributed by atoms with Gasteiger partial charge in [0.15, 0.2) is 5.78 Å². The van der Waals surface area contributed by atoms with Crippen LogP contribution in [0.1, 0.15) is 17.5 Å². The maximum Gasteiger partial charge on any atom is 0.265 e. The Balaban J connectivity index is 1.96. The number of aryl methyl sites for hydroxylation is 1. The zero-order chi connectivity index (χ0) is 17.9. The molecule has 0 aromatic heterocycles. The van der Waals surface area contributed by atoms with Crippen LogP contribution in [0, 0.1) is 6.92 Å². The highest BCUT2D eigenvalue weighted by Gasteiger charge is 2.48. The van der Waals surface area contributed by atoms with E-state index in [0.29, 0.717) is 21.8 Å². The van der Waals surface area contributed by atoms with Crippen LogP contribution >= 0.6 is 23.2 Å². The van der Waals surface area contributed by atoms with E-state index < -0.39 is 16.1 Å². The highest BCUT2D eigenvalue weighted by Crippen LogP contribution is 2.51. The van der Waals surface area contributed by atoms with Crippen molar-refractivity contribution in [3.63, 3.8) is 0 Å². The number of fused-ring (bicyclic) bond motifs is 3. The van der Waals surface area contributed by atoms with Gasteiger partial charge in [-0.15, -0.1) is 0 Å². The maximum absolute atomic E-state index is 13.3. The number of carbonyl (C=O) groups is 1. The van der Waals surface area contributed by atoms with Crippen molar-refractivity contribution in [2.45, 2.75) is 24.3 Å². The van der Waals surface area contributed by atoms with Gasteiger partial charge in [-0.1, -0.05) is 47.0 Å². The normalized spacial score (nSPS) is 19.0. The fourth-order valence-electron chi connectivity index (χ4n) is 3.33. The first-order chi connectivity index (χ1) is 11.8. The lowest BCUT2D eigenvalue weighted by Crippen LogP contribution is -2.40. The van der Waals surface area contributed by atoms with Gasteiger partial charge in [0.05, 0.1) is 20.6 Å². The molecule has 25 heavy (non-hydrogen) atoms. The summed E-state index contributed by atoms with van der Waals surface area (Å²) in [5.74, 6) is -0.172. The Bertz CT molecular complexity index is 1040. The first-order valence-electron chi connectivity index (χ1n) is 7.64. The molecule has 2 aliphatic rings. The van der Waals surface area contributed by atoms with Gasteiger partial charge in [-0.3, -0.25) is 9.10 Å². The number of hydrogen-bond donors (Lipinski definition) is 0. The number of nitrogens with zero attached hydrogens (tertiary/aromatic N) is 1. The Labute approximate surface area is 155 Å². The average molecular weight is 394 g/mol. The van der Waals surface area contributed by atoms with E-state index in [1.54, 1.807) is 42.5 Å². The summed E-state index contributed by atoms with van der Waals surface area (Å²) in [6, 6.07) is 8.81. The minimum absolute atomic E-state index is 0.135. The molecule has 0 saturated heterocycles. The Morgan fingerprint density at radius 3 is 2.44 bits per heavy atom. The summed E-state index contributed by atoms with van der Waals surface area (Å²) in [5.41, 5.74) is 2.48.